The summed E-state index contributed by atoms with van der Waals surface area (Å²) in [4.78, 5) is 0. The first kappa shape index (κ1) is 12.6. The van der Waals surface area contributed by atoms with Crippen molar-refractivity contribution < 1.29 is 17.6 Å². The van der Waals surface area contributed by atoms with E-state index in [0.717, 1.165) is 0 Å². The predicted molar refractivity (Wildman–Crippen MR) is 51.9 cm³/mol. The third-order valence-electron chi connectivity index (χ3n) is 2.11. The van der Waals surface area contributed by atoms with Gasteiger partial charge >= 0.3 is 90.3 Å². The van der Waals surface area contributed by atoms with Crippen LogP contribution >= 0.6 is 0 Å². The molecule has 0 unspecified atom stereocenters. The van der Waals surface area contributed by atoms with E-state index in [1.165, 1.54) is 0 Å². The fraction of sp³-hybridized carbons (Fsp3) is 0.750. The van der Waals surface area contributed by atoms with Crippen molar-refractivity contribution in [1.29, 1.82) is 0 Å². The van der Waals surface area contributed by atoms with E-state index in [4.69, 9.17) is 0 Å². The summed E-state index contributed by atoms with van der Waals surface area (Å²) in [6, 6.07) is 0. The van der Waals surface area contributed by atoms with Crippen LogP contribution in [0.5, 0.6) is 0 Å². The van der Waals surface area contributed by atoms with Crippen molar-refractivity contribution >= 4 is 29.3 Å². The molecule has 0 aromatic heterocycles. The van der Waals surface area contributed by atoms with Crippen molar-refractivity contribution in [3.05, 3.63) is 8.72 Å². The second-order valence-corrected chi connectivity index (χ2v) is 13.0. The Morgan fingerprint density at radius 1 is 0.714 bits per heavy atom. The minimum absolute atomic E-state index is 0.167. The number of halogens is 4. The van der Waals surface area contributed by atoms with Crippen LogP contribution in [0.1, 0.15) is 0 Å². The molecule has 0 bridgehead atoms. The van der Waals surface area contributed by atoms with E-state index in [1.807, 2.05) is 0 Å². The summed E-state index contributed by atoms with van der Waals surface area (Å²) in [6.45, 7) is 0. The van der Waals surface area contributed by atoms with E-state index in [-0.39, 0.29) is 8.72 Å². The first-order chi connectivity index (χ1) is 6.14. The Labute approximate surface area is 90.3 Å². The van der Waals surface area contributed by atoms with Gasteiger partial charge in [-0.15, -0.1) is 0 Å². The second-order valence-electron chi connectivity index (χ2n) is 3.63. The van der Waals surface area contributed by atoms with Gasteiger partial charge in [0.1, 0.15) is 0 Å². The van der Waals surface area contributed by atoms with Gasteiger partial charge in [0.15, 0.2) is 0 Å². The topological polar surface area (TPSA) is 0 Å². The van der Waals surface area contributed by atoms with Gasteiger partial charge in [-0.05, 0) is 0 Å². The average molecular weight is 334 g/mol. The Morgan fingerprint density at radius 2 is 0.929 bits per heavy atom. The second kappa shape index (κ2) is 3.56. The molecule has 0 spiro atoms. The van der Waals surface area contributed by atoms with Crippen LogP contribution in [0.2, 0.25) is 22.8 Å². The molecule has 14 heavy (non-hydrogen) atoms. The molecule has 1 rings (SSSR count). The van der Waals surface area contributed by atoms with Gasteiger partial charge in [0.05, 0.1) is 0 Å². The quantitative estimate of drug-likeness (QED) is 0.538. The summed E-state index contributed by atoms with van der Waals surface area (Å²) in [6.07, 6.45) is 0. The molecule has 0 aromatic rings. The van der Waals surface area contributed by atoms with Crippen molar-refractivity contribution in [3.63, 3.8) is 0 Å². The van der Waals surface area contributed by atoms with Crippen LogP contribution in [0.3, 0.4) is 0 Å². The van der Waals surface area contributed by atoms with Crippen LogP contribution in [0.15, 0.2) is 8.72 Å². The molecule has 0 amide bonds. The molecule has 1 aliphatic carbocycles. The van der Waals surface area contributed by atoms with Crippen molar-refractivity contribution in [2.75, 3.05) is 0 Å². The van der Waals surface area contributed by atoms with Crippen LogP contribution in [0.25, 0.3) is 0 Å². The maximum atomic E-state index is 13.1. The van der Waals surface area contributed by atoms with Crippen LogP contribution in [0, 0.1) is 0 Å². The molecule has 0 saturated carbocycles. The third-order valence-corrected chi connectivity index (χ3v) is 8.81. The average Bonchev–Trinajstić information content (AvgIpc) is 1.97. The summed E-state index contributed by atoms with van der Waals surface area (Å²) in [5.74, 6) is -7.68. The van der Waals surface area contributed by atoms with E-state index >= 15 is 0 Å². The summed E-state index contributed by atoms with van der Waals surface area (Å²) >= 11 is -3.76. The van der Waals surface area contributed by atoms with Gasteiger partial charge in [-0.25, -0.2) is 0 Å². The van der Waals surface area contributed by atoms with Gasteiger partial charge in [0, 0.05) is 0 Å². The molecule has 0 N–H and O–H groups in total. The van der Waals surface area contributed by atoms with Gasteiger partial charge in [0.2, 0.25) is 0 Å². The van der Waals surface area contributed by atoms with Gasteiger partial charge in [-0.3, -0.25) is 0 Å². The number of allylic oxidation sites excluding steroid dienone is 2. The molecule has 0 saturated heterocycles. The fourth-order valence-electron chi connectivity index (χ4n) is 1.52. The summed E-state index contributed by atoms with van der Waals surface area (Å²) in [5, 5.41) is 0. The van der Waals surface area contributed by atoms with E-state index in [1.54, 1.807) is 22.8 Å². The van der Waals surface area contributed by atoms with Crippen molar-refractivity contribution in [3.8, 4) is 0 Å². The molecule has 0 aromatic carbocycles. The summed E-state index contributed by atoms with van der Waals surface area (Å²) in [5.41, 5.74) is 6.74. The van der Waals surface area contributed by atoms with Crippen LogP contribution in [0.4, 0.5) is 17.6 Å². The monoisotopic (exact) mass is 334 g/mol. The Bertz CT molecular complexity index is 253. The predicted octanol–water partition coefficient (Wildman–Crippen LogP) is 3.15. The molecule has 1 aliphatic rings. The summed E-state index contributed by atoms with van der Waals surface area (Å²) < 4.78 is 52.0. The molecule has 82 valence electrons. The van der Waals surface area contributed by atoms with Gasteiger partial charge in [-0.1, -0.05) is 0 Å². The van der Waals surface area contributed by atoms with Crippen molar-refractivity contribution in [1.82, 2.24) is 0 Å². The van der Waals surface area contributed by atoms with E-state index < -0.39 is 41.1 Å². The fourth-order valence-corrected chi connectivity index (χ4v) is 11.2. The van der Waals surface area contributed by atoms with E-state index in [9.17, 15) is 17.6 Å². The number of hydrogen-bond donors (Lipinski definition) is 0. The first-order valence-electron chi connectivity index (χ1n) is 3.99. The zero-order chi connectivity index (χ0) is 11.3. The van der Waals surface area contributed by atoms with Crippen molar-refractivity contribution in [2.45, 2.75) is 34.7 Å². The number of rotatable bonds is 2. The van der Waals surface area contributed by atoms with Gasteiger partial charge < -0.3 is 0 Å². The molecule has 6 heteroatoms. The van der Waals surface area contributed by atoms with Gasteiger partial charge in [-0.2, -0.15) is 0 Å². The molecule has 0 nitrogen and oxygen atoms in total. The van der Waals surface area contributed by atoms with Crippen LogP contribution in [-0.2, 0) is 0 Å². The SMILES string of the molecule is C[As](C)C1=C([As](C)C)C(F)(F)C1(F)F. The number of hydrogen-bond acceptors (Lipinski definition) is 0. The van der Waals surface area contributed by atoms with Crippen LogP contribution < -0.4 is 0 Å². The summed E-state index contributed by atoms with van der Waals surface area (Å²) in [7, 11) is 0. The molecule has 0 aliphatic heterocycles. The minimum atomic E-state index is -3.84. The molecule has 0 heterocycles. The Kier molecular flexibility index (Phi) is 3.21. The molecular weight excluding hydrogens is 322 g/mol. The number of alkyl halides is 4. The van der Waals surface area contributed by atoms with E-state index in [0.29, 0.717) is 0 Å². The zero-order valence-electron chi connectivity index (χ0n) is 8.41. The van der Waals surface area contributed by atoms with E-state index in [2.05, 4.69) is 0 Å². The maximum absolute atomic E-state index is 13.1. The Morgan fingerprint density at radius 3 is 1.07 bits per heavy atom. The molecule has 0 atom stereocenters. The standard InChI is InChI=1S/C8H12As2F4/c1-9(2)5-6(10(3)4)8(13,14)7(5,11)12/h1-4H3. The first-order valence-corrected chi connectivity index (χ1v) is 13.4. The molecule has 0 fully saturated rings. The van der Waals surface area contributed by atoms with Gasteiger partial charge in [0.25, 0.3) is 0 Å². The third kappa shape index (κ3) is 1.50. The van der Waals surface area contributed by atoms with Crippen molar-refractivity contribution in [2.24, 2.45) is 0 Å². The zero-order valence-corrected chi connectivity index (χ0v) is 12.2. The normalized spacial score (nSPS) is 24.4. The Balaban J connectivity index is 3.25. The molecular formula is C8H12As2F4. The molecule has 0 radical (unpaired) electrons. The Hall–Kier alpha value is 0.577. The van der Waals surface area contributed by atoms with Crippen LogP contribution in [-0.4, -0.2) is 41.1 Å².